The van der Waals surface area contributed by atoms with E-state index >= 15 is 0 Å². The van der Waals surface area contributed by atoms with E-state index in [4.69, 9.17) is 9.47 Å². The molecule has 0 aliphatic carbocycles. The maximum atomic E-state index is 12.8. The summed E-state index contributed by atoms with van der Waals surface area (Å²) < 4.78 is 10.7. The van der Waals surface area contributed by atoms with Crippen molar-refractivity contribution in [1.29, 1.82) is 0 Å². The van der Waals surface area contributed by atoms with Crippen LogP contribution in [0.15, 0.2) is 30.3 Å². The zero-order valence-corrected chi connectivity index (χ0v) is 16.2. The Morgan fingerprint density at radius 3 is 2.16 bits per heavy atom. The molecule has 5 heteroatoms. The number of benzene rings is 2. The first-order chi connectivity index (χ1) is 11.3. The fourth-order valence-electron chi connectivity index (χ4n) is 2.68. The molecule has 3 nitrogen and oxygen atoms in total. The predicted octanol–water partition coefficient (Wildman–Crippen LogP) is 3.79. The van der Waals surface area contributed by atoms with Crippen molar-refractivity contribution in [2.45, 2.75) is 40.9 Å². The molecule has 0 aromatic heterocycles. The summed E-state index contributed by atoms with van der Waals surface area (Å²) in [4.78, 5) is 12.8. The van der Waals surface area contributed by atoms with Crippen LogP contribution in [0.4, 0.5) is 0 Å². The Bertz CT molecular complexity index is 742. The number of ether oxygens (including phenoxy) is 2. The molecule has 0 aliphatic heterocycles. The molecule has 2 rings (SSSR count). The van der Waals surface area contributed by atoms with E-state index in [-0.39, 0.29) is 39.3 Å². The van der Waals surface area contributed by atoms with Gasteiger partial charge in [-0.1, -0.05) is 18.2 Å². The third kappa shape index (κ3) is 5.43. The first kappa shape index (κ1) is 21.9. The molecule has 0 bridgehead atoms. The van der Waals surface area contributed by atoms with Gasteiger partial charge in [0.1, 0.15) is 5.75 Å². The number of aryl methyl sites for hydroxylation is 2. The van der Waals surface area contributed by atoms with E-state index in [1.165, 1.54) is 11.1 Å². The van der Waals surface area contributed by atoms with Crippen molar-refractivity contribution < 1.29 is 14.3 Å². The summed E-state index contributed by atoms with van der Waals surface area (Å²) in [6, 6.07) is 9.75. The molecule has 2 unspecified atom stereocenters. The molecule has 0 fully saturated rings. The summed E-state index contributed by atoms with van der Waals surface area (Å²) in [6.07, 6.45) is -0.291. The summed E-state index contributed by atoms with van der Waals surface area (Å²) in [7, 11) is 1.71. The van der Waals surface area contributed by atoms with Gasteiger partial charge in [-0.25, -0.2) is 0 Å². The summed E-state index contributed by atoms with van der Waals surface area (Å²) in [5.41, 5.74) is 5.64. The predicted molar refractivity (Wildman–Crippen MR) is 108 cm³/mol. The van der Waals surface area contributed by atoms with Gasteiger partial charge >= 0.3 is 18.9 Å². The van der Waals surface area contributed by atoms with Gasteiger partial charge in [0.15, 0.2) is 11.8 Å². The van der Waals surface area contributed by atoms with Crippen LogP contribution in [0.25, 0.3) is 0 Å². The number of carbonyl (C=O) groups is 1. The van der Waals surface area contributed by atoms with Crippen LogP contribution < -0.4 is 10.0 Å². The molecule has 0 saturated heterocycles. The second-order valence-electron chi connectivity index (χ2n) is 6.04. The van der Waals surface area contributed by atoms with Crippen LogP contribution in [0.3, 0.4) is 0 Å². The van der Waals surface area contributed by atoms with Crippen molar-refractivity contribution in [2.24, 2.45) is 0 Å². The van der Waals surface area contributed by atoms with Gasteiger partial charge in [-0.3, -0.25) is 4.79 Å². The summed E-state index contributed by atoms with van der Waals surface area (Å²) in [5, 5.41) is 1.01. The SMILES string of the molecule is COC(C)Oc1ccc(PC(=O)c2c(C)cc(C)c(C)c2C)cc1.[LiH]. The van der Waals surface area contributed by atoms with Crippen LogP contribution in [0.5, 0.6) is 5.75 Å². The van der Waals surface area contributed by atoms with E-state index in [2.05, 4.69) is 19.9 Å². The molecule has 0 radical (unpaired) electrons. The molecule has 2 aromatic carbocycles. The Morgan fingerprint density at radius 2 is 1.60 bits per heavy atom. The minimum absolute atomic E-state index is 0. The fraction of sp³-hybridized carbons (Fsp3) is 0.350. The van der Waals surface area contributed by atoms with Crippen molar-refractivity contribution in [2.75, 3.05) is 7.11 Å². The molecule has 2 atom stereocenters. The molecule has 0 aliphatic rings. The van der Waals surface area contributed by atoms with Crippen LogP contribution in [-0.2, 0) is 4.74 Å². The minimum atomic E-state index is -0.291. The number of hydrogen-bond donors (Lipinski definition) is 0. The zero-order valence-electron chi connectivity index (χ0n) is 15.2. The molecule has 130 valence electrons. The normalized spacial score (nSPS) is 12.1. The van der Waals surface area contributed by atoms with Gasteiger partial charge in [0.05, 0.1) is 0 Å². The Morgan fingerprint density at radius 1 is 1.00 bits per heavy atom. The van der Waals surface area contributed by atoms with Gasteiger partial charge in [-0.15, -0.1) is 0 Å². The molecule has 0 saturated carbocycles. The Hall–Kier alpha value is -1.10. The Kier molecular flexibility index (Phi) is 8.39. The molecule has 0 spiro atoms. The van der Waals surface area contributed by atoms with E-state index in [0.717, 1.165) is 27.7 Å². The van der Waals surface area contributed by atoms with Crippen molar-refractivity contribution in [3.63, 3.8) is 0 Å². The molecule has 25 heavy (non-hydrogen) atoms. The Labute approximate surface area is 164 Å². The third-order valence-corrected chi connectivity index (χ3v) is 5.43. The van der Waals surface area contributed by atoms with Crippen LogP contribution in [0.1, 0.15) is 39.5 Å². The Balaban J connectivity index is 0.00000312. The van der Waals surface area contributed by atoms with Crippen molar-refractivity contribution in [3.8, 4) is 5.75 Å². The molecular weight excluding hydrogens is 326 g/mol. The van der Waals surface area contributed by atoms with Gasteiger partial charge < -0.3 is 9.47 Å². The second kappa shape index (κ2) is 9.56. The fourth-order valence-corrected chi connectivity index (χ4v) is 3.79. The average molecular weight is 352 g/mol. The first-order valence-electron chi connectivity index (χ1n) is 8.01. The number of hydrogen-bond acceptors (Lipinski definition) is 3. The van der Waals surface area contributed by atoms with Gasteiger partial charge in [-0.2, -0.15) is 0 Å². The zero-order chi connectivity index (χ0) is 17.9. The van der Waals surface area contributed by atoms with Gasteiger partial charge in [0.2, 0.25) is 0 Å². The van der Waals surface area contributed by atoms with E-state index in [9.17, 15) is 4.79 Å². The van der Waals surface area contributed by atoms with Gasteiger partial charge in [-0.05, 0) is 82.9 Å². The topological polar surface area (TPSA) is 35.5 Å². The molecule has 2 aromatic rings. The number of carbonyl (C=O) groups excluding carboxylic acids is 1. The van der Waals surface area contributed by atoms with Crippen molar-refractivity contribution in [3.05, 3.63) is 58.1 Å². The average Bonchev–Trinajstić information content (AvgIpc) is 2.54. The van der Waals surface area contributed by atoms with E-state index < -0.39 is 0 Å². The van der Waals surface area contributed by atoms with Crippen LogP contribution >= 0.6 is 8.58 Å². The monoisotopic (exact) mass is 352 g/mol. The maximum absolute atomic E-state index is 12.8. The van der Waals surface area contributed by atoms with E-state index in [0.29, 0.717) is 0 Å². The molecule has 0 amide bonds. The van der Waals surface area contributed by atoms with Crippen LogP contribution in [0.2, 0.25) is 0 Å². The molecule has 0 N–H and O–H groups in total. The number of rotatable bonds is 6. The standard InChI is InChI=1S/C20H25O3P.Li.H/c1-12-11-13(2)19(15(4)14(12)3)20(21)24-18-9-7-17(8-10-18)23-16(5)22-6;;/h7-11,16,24H,1-6H3;;. The van der Waals surface area contributed by atoms with Gasteiger partial charge in [0, 0.05) is 12.7 Å². The third-order valence-electron chi connectivity index (χ3n) is 4.33. The van der Waals surface area contributed by atoms with E-state index in [1.54, 1.807) is 7.11 Å². The van der Waals surface area contributed by atoms with Crippen LogP contribution in [0, 0.1) is 27.7 Å². The summed E-state index contributed by atoms with van der Waals surface area (Å²) in [5.74, 6) is 0.740. The summed E-state index contributed by atoms with van der Waals surface area (Å²) >= 11 is 0. The van der Waals surface area contributed by atoms with Gasteiger partial charge in [0.25, 0.3) is 0 Å². The van der Waals surface area contributed by atoms with Crippen molar-refractivity contribution in [1.82, 2.24) is 0 Å². The van der Waals surface area contributed by atoms with E-state index in [1.807, 2.05) is 45.0 Å². The number of methoxy groups -OCH3 is 1. The molecular formula is C20H26LiO3P. The second-order valence-corrected chi connectivity index (χ2v) is 7.32. The first-order valence-corrected chi connectivity index (χ1v) is 9.01. The van der Waals surface area contributed by atoms with Crippen LogP contribution in [-0.4, -0.2) is 37.8 Å². The quantitative estimate of drug-likeness (QED) is 0.451. The van der Waals surface area contributed by atoms with Crippen molar-refractivity contribution >= 4 is 38.3 Å². The summed E-state index contributed by atoms with van der Waals surface area (Å²) in [6.45, 7) is 10.1. The molecule has 0 heterocycles.